The molecule has 1 atom stereocenters. The van der Waals surface area contributed by atoms with Gasteiger partial charge in [-0.2, -0.15) is 0 Å². The second kappa shape index (κ2) is 7.04. The smallest absolute Gasteiger partial charge is 0.0990 e. The van der Waals surface area contributed by atoms with Gasteiger partial charge in [0.2, 0.25) is 0 Å². The average molecular weight is 322 g/mol. The Kier molecular flexibility index (Phi) is 4.84. The summed E-state index contributed by atoms with van der Waals surface area (Å²) in [6.45, 7) is 4.47. The summed E-state index contributed by atoms with van der Waals surface area (Å²) < 4.78 is 0. The lowest BCUT2D eigenvalue weighted by Crippen LogP contribution is -2.04. The number of nitrogen functional groups attached to an aromatic ring is 2. The molecule has 0 fully saturated rings. The molecule has 0 bridgehead atoms. The average Bonchev–Trinajstić information content (AvgIpc) is 2.63. The number of pyridine rings is 2. The maximum Gasteiger partial charge on any atom is 0.0990 e. The van der Waals surface area contributed by atoms with Gasteiger partial charge in [0, 0.05) is 28.6 Å². The Labute approximate surface area is 143 Å². The highest BCUT2D eigenvalue weighted by molar-refractivity contribution is 6.15. The first-order valence-corrected chi connectivity index (χ1v) is 8.89. The van der Waals surface area contributed by atoms with E-state index in [9.17, 15) is 0 Å². The lowest BCUT2D eigenvalue weighted by molar-refractivity contribution is 0.544. The van der Waals surface area contributed by atoms with Gasteiger partial charge in [-0.05, 0) is 37.1 Å². The van der Waals surface area contributed by atoms with E-state index in [2.05, 4.69) is 31.0 Å². The molecule has 24 heavy (non-hydrogen) atoms. The molecule has 0 aliphatic rings. The standard InChI is InChI=1S/C20H26N4/c1-3-5-6-8-13(4-2)16-11-10-15-18(22)17(21)14-9-7-12-23-19(14)20(15)24-16/h7,9-13H,3-6,8,21-22H2,1-2H3. The van der Waals surface area contributed by atoms with Crippen molar-refractivity contribution >= 4 is 33.2 Å². The molecule has 3 rings (SSSR count). The van der Waals surface area contributed by atoms with Gasteiger partial charge in [0.1, 0.15) is 0 Å². The van der Waals surface area contributed by atoms with E-state index < -0.39 is 0 Å². The van der Waals surface area contributed by atoms with Crippen LogP contribution < -0.4 is 11.5 Å². The number of fused-ring (bicyclic) bond motifs is 3. The first kappa shape index (κ1) is 16.5. The molecule has 0 saturated carbocycles. The quantitative estimate of drug-likeness (QED) is 0.289. The molecule has 0 spiro atoms. The summed E-state index contributed by atoms with van der Waals surface area (Å²) in [5.74, 6) is 0.485. The topological polar surface area (TPSA) is 77.8 Å². The molecule has 2 heterocycles. The number of anilines is 2. The van der Waals surface area contributed by atoms with Crippen molar-refractivity contribution in [1.29, 1.82) is 0 Å². The van der Waals surface area contributed by atoms with Crippen LogP contribution in [-0.4, -0.2) is 9.97 Å². The van der Waals surface area contributed by atoms with Crippen molar-refractivity contribution in [1.82, 2.24) is 9.97 Å². The van der Waals surface area contributed by atoms with Crippen molar-refractivity contribution in [3.8, 4) is 0 Å². The Bertz CT molecular complexity index is 857. The molecule has 0 saturated heterocycles. The van der Waals surface area contributed by atoms with E-state index in [1.165, 1.54) is 25.7 Å². The van der Waals surface area contributed by atoms with Crippen LogP contribution in [0.5, 0.6) is 0 Å². The molecule has 126 valence electrons. The first-order chi connectivity index (χ1) is 11.7. The highest BCUT2D eigenvalue weighted by atomic mass is 14.8. The molecule has 0 radical (unpaired) electrons. The lowest BCUT2D eigenvalue weighted by atomic mass is 9.94. The third-order valence-corrected chi connectivity index (χ3v) is 4.89. The van der Waals surface area contributed by atoms with E-state index in [-0.39, 0.29) is 0 Å². The summed E-state index contributed by atoms with van der Waals surface area (Å²) in [6.07, 6.45) is 7.82. The summed E-state index contributed by atoms with van der Waals surface area (Å²) >= 11 is 0. The van der Waals surface area contributed by atoms with E-state index in [1.807, 2.05) is 12.1 Å². The minimum absolute atomic E-state index is 0.485. The SMILES string of the molecule is CCCCCC(CC)c1ccc2c(N)c(N)c3cccnc3c2n1. The highest BCUT2D eigenvalue weighted by Crippen LogP contribution is 2.36. The molecule has 2 aromatic heterocycles. The van der Waals surface area contributed by atoms with Gasteiger partial charge in [-0.15, -0.1) is 0 Å². The zero-order valence-electron chi connectivity index (χ0n) is 14.5. The van der Waals surface area contributed by atoms with Crippen LogP contribution >= 0.6 is 0 Å². The van der Waals surface area contributed by atoms with Crippen LogP contribution in [0.1, 0.15) is 57.6 Å². The fraction of sp³-hybridized carbons (Fsp3) is 0.400. The van der Waals surface area contributed by atoms with Crippen LogP contribution in [0.3, 0.4) is 0 Å². The molecule has 0 amide bonds. The lowest BCUT2D eigenvalue weighted by Gasteiger charge is -2.16. The molecule has 1 unspecified atom stereocenters. The number of hydrogen-bond donors (Lipinski definition) is 2. The van der Waals surface area contributed by atoms with Crippen LogP contribution in [0, 0.1) is 0 Å². The van der Waals surface area contributed by atoms with Gasteiger partial charge in [0.05, 0.1) is 22.4 Å². The Hall–Kier alpha value is -2.36. The van der Waals surface area contributed by atoms with Crippen molar-refractivity contribution in [2.75, 3.05) is 11.5 Å². The normalized spacial score (nSPS) is 12.8. The minimum atomic E-state index is 0.485. The maximum atomic E-state index is 6.25. The van der Waals surface area contributed by atoms with Crippen LogP contribution in [0.15, 0.2) is 30.5 Å². The minimum Gasteiger partial charge on any atom is -0.396 e. The number of unbranched alkanes of at least 4 members (excludes halogenated alkanes) is 2. The predicted octanol–water partition coefficient (Wildman–Crippen LogP) is 5.02. The number of hydrogen-bond acceptors (Lipinski definition) is 4. The molecule has 0 aliphatic heterocycles. The van der Waals surface area contributed by atoms with Crippen LogP contribution in [0.25, 0.3) is 21.8 Å². The van der Waals surface area contributed by atoms with Crippen molar-refractivity contribution in [2.24, 2.45) is 0 Å². The van der Waals surface area contributed by atoms with E-state index in [0.717, 1.165) is 33.9 Å². The Morgan fingerprint density at radius 3 is 2.42 bits per heavy atom. The molecular formula is C20H26N4. The fourth-order valence-corrected chi connectivity index (χ4v) is 3.40. The van der Waals surface area contributed by atoms with Crippen molar-refractivity contribution < 1.29 is 0 Å². The first-order valence-electron chi connectivity index (χ1n) is 8.89. The van der Waals surface area contributed by atoms with E-state index in [4.69, 9.17) is 16.5 Å². The largest absolute Gasteiger partial charge is 0.396 e. The van der Waals surface area contributed by atoms with Crippen LogP contribution in [-0.2, 0) is 0 Å². The number of rotatable bonds is 6. The van der Waals surface area contributed by atoms with Gasteiger partial charge in [-0.25, -0.2) is 0 Å². The highest BCUT2D eigenvalue weighted by Gasteiger charge is 2.16. The van der Waals surface area contributed by atoms with Gasteiger partial charge in [0.15, 0.2) is 0 Å². The fourth-order valence-electron chi connectivity index (χ4n) is 3.40. The second-order valence-corrected chi connectivity index (χ2v) is 6.46. The third kappa shape index (κ3) is 2.88. The number of aromatic nitrogens is 2. The number of benzene rings is 1. The summed E-state index contributed by atoms with van der Waals surface area (Å²) in [5.41, 5.74) is 16.5. The van der Waals surface area contributed by atoms with Crippen molar-refractivity contribution in [3.05, 3.63) is 36.2 Å². The van der Waals surface area contributed by atoms with Crippen molar-refractivity contribution in [3.63, 3.8) is 0 Å². The third-order valence-electron chi connectivity index (χ3n) is 4.89. The molecule has 4 N–H and O–H groups in total. The monoisotopic (exact) mass is 322 g/mol. The predicted molar refractivity (Wildman–Crippen MR) is 103 cm³/mol. The van der Waals surface area contributed by atoms with Gasteiger partial charge < -0.3 is 11.5 Å². The zero-order chi connectivity index (χ0) is 17.1. The van der Waals surface area contributed by atoms with Gasteiger partial charge in [-0.1, -0.05) is 33.1 Å². The van der Waals surface area contributed by atoms with Crippen LogP contribution in [0.4, 0.5) is 11.4 Å². The van der Waals surface area contributed by atoms with Gasteiger partial charge in [0.25, 0.3) is 0 Å². The molecular weight excluding hydrogens is 296 g/mol. The Morgan fingerprint density at radius 2 is 1.71 bits per heavy atom. The van der Waals surface area contributed by atoms with Crippen LogP contribution in [0.2, 0.25) is 0 Å². The summed E-state index contributed by atoms with van der Waals surface area (Å²) in [7, 11) is 0. The zero-order valence-corrected chi connectivity index (χ0v) is 14.5. The molecule has 4 heteroatoms. The summed E-state index contributed by atoms with van der Waals surface area (Å²) in [6, 6.07) is 8.00. The number of nitrogens with two attached hydrogens (primary N) is 2. The Balaban J connectivity index is 2.13. The Morgan fingerprint density at radius 1 is 0.958 bits per heavy atom. The molecule has 0 aliphatic carbocycles. The molecule has 1 aromatic carbocycles. The summed E-state index contributed by atoms with van der Waals surface area (Å²) in [4.78, 5) is 9.47. The van der Waals surface area contributed by atoms with Gasteiger partial charge in [-0.3, -0.25) is 9.97 Å². The molecule has 4 nitrogen and oxygen atoms in total. The second-order valence-electron chi connectivity index (χ2n) is 6.46. The molecule has 3 aromatic rings. The van der Waals surface area contributed by atoms with E-state index in [1.54, 1.807) is 6.20 Å². The van der Waals surface area contributed by atoms with Crippen molar-refractivity contribution in [2.45, 2.75) is 51.9 Å². The van der Waals surface area contributed by atoms with Gasteiger partial charge >= 0.3 is 0 Å². The number of nitrogens with zero attached hydrogens (tertiary/aromatic N) is 2. The summed E-state index contributed by atoms with van der Waals surface area (Å²) in [5, 5.41) is 1.78. The van der Waals surface area contributed by atoms with E-state index in [0.29, 0.717) is 17.3 Å². The maximum absolute atomic E-state index is 6.25. The van der Waals surface area contributed by atoms with E-state index >= 15 is 0 Å².